The molecule has 1 unspecified atom stereocenters. The first kappa shape index (κ1) is 12.1. The Labute approximate surface area is 106 Å². The van der Waals surface area contributed by atoms with Crippen molar-refractivity contribution < 1.29 is 5.11 Å². The molecule has 0 fully saturated rings. The monoisotopic (exact) mass is 247 g/mol. The molecule has 1 N–H and O–H groups in total. The molecule has 0 spiro atoms. The minimum absolute atomic E-state index is 0.451. The van der Waals surface area contributed by atoms with Gasteiger partial charge in [0.15, 0.2) is 0 Å². The maximum Gasteiger partial charge on any atom is 0.0793 e. The average Bonchev–Trinajstić information content (AvgIpc) is 2.38. The predicted octanol–water partition coefficient (Wildman–Crippen LogP) is 3.40. The van der Waals surface area contributed by atoms with Crippen molar-refractivity contribution in [2.75, 3.05) is 0 Å². The van der Waals surface area contributed by atoms with Crippen LogP contribution in [0.25, 0.3) is 0 Å². The molecule has 0 bridgehead atoms. The van der Waals surface area contributed by atoms with Crippen LogP contribution in [0.3, 0.4) is 0 Å². The first-order chi connectivity index (χ1) is 8.25. The van der Waals surface area contributed by atoms with Gasteiger partial charge < -0.3 is 5.11 Å². The number of rotatable bonds is 4. The highest BCUT2D eigenvalue weighted by Crippen LogP contribution is 2.20. The van der Waals surface area contributed by atoms with Crippen LogP contribution in [0.2, 0.25) is 5.02 Å². The summed E-state index contributed by atoms with van der Waals surface area (Å²) < 4.78 is 0. The second-order valence-corrected chi connectivity index (χ2v) is 4.40. The zero-order valence-electron chi connectivity index (χ0n) is 9.38. The van der Waals surface area contributed by atoms with Crippen LogP contribution in [-0.4, -0.2) is 10.1 Å². The summed E-state index contributed by atoms with van der Waals surface area (Å²) in [6, 6.07) is 11.2. The van der Waals surface area contributed by atoms with Gasteiger partial charge in [-0.2, -0.15) is 0 Å². The molecule has 88 valence electrons. The Morgan fingerprint density at radius 3 is 2.59 bits per heavy atom. The van der Waals surface area contributed by atoms with Crippen molar-refractivity contribution in [1.29, 1.82) is 0 Å². The van der Waals surface area contributed by atoms with Crippen LogP contribution in [0.15, 0.2) is 48.8 Å². The van der Waals surface area contributed by atoms with Crippen molar-refractivity contribution in [3.05, 3.63) is 64.9 Å². The van der Waals surface area contributed by atoms with Gasteiger partial charge in [-0.05, 0) is 42.2 Å². The van der Waals surface area contributed by atoms with Gasteiger partial charge in [-0.1, -0.05) is 29.8 Å². The molecule has 2 aromatic rings. The van der Waals surface area contributed by atoms with Gasteiger partial charge in [0.2, 0.25) is 0 Å². The number of aryl methyl sites for hydroxylation is 1. The second-order valence-electron chi connectivity index (χ2n) is 3.97. The highest BCUT2D eigenvalue weighted by Gasteiger charge is 2.07. The van der Waals surface area contributed by atoms with E-state index in [0.29, 0.717) is 11.4 Å². The maximum absolute atomic E-state index is 10.0. The molecular weight excluding hydrogens is 234 g/mol. The molecule has 1 heterocycles. The number of aliphatic hydroxyl groups excluding tert-OH is 1. The summed E-state index contributed by atoms with van der Waals surface area (Å²) in [6.07, 6.45) is 4.63. The minimum atomic E-state index is -0.451. The van der Waals surface area contributed by atoms with Gasteiger partial charge in [-0.15, -0.1) is 0 Å². The Hall–Kier alpha value is -1.38. The Morgan fingerprint density at radius 2 is 1.94 bits per heavy atom. The lowest BCUT2D eigenvalue weighted by molar-refractivity contribution is 0.168. The third-order valence-corrected chi connectivity index (χ3v) is 2.94. The van der Waals surface area contributed by atoms with Crippen molar-refractivity contribution in [2.45, 2.75) is 18.9 Å². The van der Waals surface area contributed by atoms with E-state index in [4.69, 9.17) is 11.6 Å². The zero-order valence-corrected chi connectivity index (χ0v) is 10.1. The summed E-state index contributed by atoms with van der Waals surface area (Å²) in [4.78, 5) is 4.05. The van der Waals surface area contributed by atoms with Crippen LogP contribution >= 0.6 is 11.6 Å². The Balaban J connectivity index is 1.93. The fourth-order valence-corrected chi connectivity index (χ4v) is 1.83. The van der Waals surface area contributed by atoms with Crippen LogP contribution in [0.1, 0.15) is 23.7 Å². The zero-order chi connectivity index (χ0) is 12.1. The number of aromatic nitrogens is 1. The molecule has 0 aliphatic carbocycles. The van der Waals surface area contributed by atoms with E-state index in [2.05, 4.69) is 4.98 Å². The molecule has 2 rings (SSSR count). The summed E-state index contributed by atoms with van der Waals surface area (Å²) in [7, 11) is 0. The molecule has 0 saturated carbocycles. The lowest BCUT2D eigenvalue weighted by atomic mass is 10.0. The van der Waals surface area contributed by atoms with Crippen molar-refractivity contribution >= 4 is 11.6 Å². The maximum atomic E-state index is 10.0. The Bertz CT molecular complexity index is 455. The molecule has 2 nitrogen and oxygen atoms in total. The molecule has 3 heteroatoms. The van der Waals surface area contributed by atoms with Crippen LogP contribution < -0.4 is 0 Å². The topological polar surface area (TPSA) is 33.1 Å². The van der Waals surface area contributed by atoms with Crippen molar-refractivity contribution in [3.8, 4) is 0 Å². The standard InChI is InChI=1S/C14H14ClNO/c15-13-6-4-12(5-7-13)14(17)8-3-11-2-1-9-16-10-11/h1-2,4-7,9-10,14,17H,3,8H2. The average molecular weight is 248 g/mol. The van der Waals surface area contributed by atoms with Crippen LogP contribution in [0, 0.1) is 0 Å². The molecule has 0 radical (unpaired) electrons. The second kappa shape index (κ2) is 5.80. The van der Waals surface area contributed by atoms with Crippen LogP contribution in [0.4, 0.5) is 0 Å². The first-order valence-electron chi connectivity index (χ1n) is 5.58. The van der Waals surface area contributed by atoms with E-state index in [9.17, 15) is 5.11 Å². The summed E-state index contributed by atoms with van der Waals surface area (Å²) in [5, 5.41) is 10.7. The van der Waals surface area contributed by atoms with Gasteiger partial charge in [0.25, 0.3) is 0 Å². The number of aliphatic hydroxyl groups is 1. The number of halogens is 1. The molecular formula is C14H14ClNO. The lowest BCUT2D eigenvalue weighted by Gasteiger charge is -2.10. The van der Waals surface area contributed by atoms with Gasteiger partial charge in [-0.3, -0.25) is 4.98 Å². The quantitative estimate of drug-likeness (QED) is 0.898. The lowest BCUT2D eigenvalue weighted by Crippen LogP contribution is -1.99. The third kappa shape index (κ3) is 3.55. The van der Waals surface area contributed by atoms with Gasteiger partial charge >= 0.3 is 0 Å². The predicted molar refractivity (Wildman–Crippen MR) is 69.0 cm³/mol. The number of nitrogens with zero attached hydrogens (tertiary/aromatic N) is 1. The Morgan fingerprint density at radius 1 is 1.18 bits per heavy atom. The summed E-state index contributed by atoms with van der Waals surface area (Å²) in [5.41, 5.74) is 2.04. The number of hydrogen-bond acceptors (Lipinski definition) is 2. The van der Waals surface area contributed by atoms with Crippen molar-refractivity contribution in [1.82, 2.24) is 4.98 Å². The highest BCUT2D eigenvalue weighted by atomic mass is 35.5. The minimum Gasteiger partial charge on any atom is -0.388 e. The smallest absolute Gasteiger partial charge is 0.0793 e. The first-order valence-corrected chi connectivity index (χ1v) is 5.96. The van der Waals surface area contributed by atoms with E-state index >= 15 is 0 Å². The van der Waals surface area contributed by atoms with E-state index in [-0.39, 0.29) is 0 Å². The largest absolute Gasteiger partial charge is 0.388 e. The summed E-state index contributed by atoms with van der Waals surface area (Å²) in [5.74, 6) is 0. The van der Waals surface area contributed by atoms with E-state index in [1.807, 2.05) is 30.5 Å². The molecule has 1 atom stereocenters. The Kier molecular flexibility index (Phi) is 4.13. The van der Waals surface area contributed by atoms with Crippen LogP contribution in [0.5, 0.6) is 0 Å². The van der Waals surface area contributed by atoms with E-state index < -0.39 is 6.10 Å². The molecule has 0 aliphatic heterocycles. The molecule has 0 amide bonds. The van der Waals surface area contributed by atoms with Gasteiger partial charge in [0.1, 0.15) is 0 Å². The van der Waals surface area contributed by atoms with E-state index in [0.717, 1.165) is 17.5 Å². The van der Waals surface area contributed by atoms with Crippen LogP contribution in [-0.2, 0) is 6.42 Å². The molecule has 1 aromatic carbocycles. The van der Waals surface area contributed by atoms with E-state index in [1.54, 1.807) is 18.3 Å². The number of pyridine rings is 1. The van der Waals surface area contributed by atoms with Crippen molar-refractivity contribution in [3.63, 3.8) is 0 Å². The molecule has 0 aliphatic rings. The van der Waals surface area contributed by atoms with Gasteiger partial charge in [0.05, 0.1) is 6.10 Å². The number of hydrogen-bond donors (Lipinski definition) is 1. The SMILES string of the molecule is OC(CCc1cccnc1)c1ccc(Cl)cc1. The number of benzene rings is 1. The van der Waals surface area contributed by atoms with E-state index in [1.165, 1.54) is 0 Å². The highest BCUT2D eigenvalue weighted by molar-refractivity contribution is 6.30. The molecule has 0 saturated heterocycles. The molecule has 17 heavy (non-hydrogen) atoms. The summed E-state index contributed by atoms with van der Waals surface area (Å²) >= 11 is 5.80. The normalized spacial score (nSPS) is 12.4. The van der Waals surface area contributed by atoms with Gasteiger partial charge in [0, 0.05) is 17.4 Å². The fraction of sp³-hybridized carbons (Fsp3) is 0.214. The van der Waals surface area contributed by atoms with Crippen molar-refractivity contribution in [2.24, 2.45) is 0 Å². The van der Waals surface area contributed by atoms with Gasteiger partial charge in [-0.25, -0.2) is 0 Å². The summed E-state index contributed by atoms with van der Waals surface area (Å²) in [6.45, 7) is 0. The third-order valence-electron chi connectivity index (χ3n) is 2.68. The molecule has 1 aromatic heterocycles. The fourth-order valence-electron chi connectivity index (χ4n) is 1.70.